The van der Waals surface area contributed by atoms with Crippen molar-refractivity contribution in [1.82, 2.24) is 0 Å². The number of nitrogen functional groups attached to an aromatic ring is 2. The van der Waals surface area contributed by atoms with Crippen LogP contribution in [0.15, 0.2) is 93.5 Å². The molecule has 0 aromatic heterocycles. The molecule has 262 valence electrons. The van der Waals surface area contributed by atoms with Gasteiger partial charge >= 0.3 is 0 Å². The zero-order chi connectivity index (χ0) is 37.1. The zero-order valence-electron chi connectivity index (χ0n) is 23.4. The van der Waals surface area contributed by atoms with Gasteiger partial charge in [0.2, 0.25) is 0 Å². The minimum Gasteiger partial charge on any atom is -0.505 e. The lowest BCUT2D eigenvalue weighted by Crippen LogP contribution is -2.04. The second-order valence-electron chi connectivity index (χ2n) is 9.44. The first kappa shape index (κ1) is 37.1. The summed E-state index contributed by atoms with van der Waals surface area (Å²) in [7, 11) is -26.0. The van der Waals surface area contributed by atoms with Crippen LogP contribution in [0.4, 0.5) is 34.1 Å². The summed E-state index contributed by atoms with van der Waals surface area (Å²) in [4.78, 5) is -5.56. The van der Waals surface area contributed by atoms with E-state index in [0.717, 1.165) is 18.2 Å². The van der Waals surface area contributed by atoms with Gasteiger partial charge in [-0.2, -0.15) is 42.1 Å². The van der Waals surface area contributed by atoms with Crippen LogP contribution in [0.25, 0.3) is 10.8 Å². The van der Waals surface area contributed by atoms with E-state index in [4.69, 9.17) is 11.5 Å². The lowest BCUT2D eigenvalue weighted by molar-refractivity contribution is 0.472. The molecule has 4 rings (SSSR count). The number of phenolic OH excluding ortho intramolecular Hbond substituents is 1. The van der Waals surface area contributed by atoms with Crippen LogP contribution in [-0.2, 0) is 50.6 Å². The third kappa shape index (κ3) is 7.80. The highest BCUT2D eigenvalue weighted by Crippen LogP contribution is 2.48. The summed E-state index contributed by atoms with van der Waals surface area (Å²) >= 11 is 0. The zero-order valence-corrected chi connectivity index (χ0v) is 27.5. The standard InChI is InChI=1S/C22H18N6O16S5/c23-10-1-3-14(46(33,34)35)12(7-10)25-27-20-16(48(39,40)41)5-9-6-17(49(42,43)44)21(22(29)18(9)19(20)24)28-26-13-8-11(45(30,31)32)2-4-15(13)47(36,37)38/h1-8,29H,23-24H2,(H,30,31,32)(H,33,34,35)(H,36,37,38)(H,39,40,41)(H,42,43,44). The first-order valence-electron chi connectivity index (χ1n) is 12.1. The Morgan fingerprint density at radius 1 is 0.490 bits per heavy atom. The summed E-state index contributed by atoms with van der Waals surface area (Å²) in [6.07, 6.45) is 0. The van der Waals surface area contributed by atoms with E-state index in [1.54, 1.807) is 0 Å². The van der Waals surface area contributed by atoms with Crippen molar-refractivity contribution in [3.05, 3.63) is 48.5 Å². The molecule has 0 bridgehead atoms. The quantitative estimate of drug-likeness (QED) is 0.0687. The molecule has 27 heteroatoms. The molecule has 0 aliphatic rings. The van der Waals surface area contributed by atoms with Crippen molar-refractivity contribution in [3.8, 4) is 5.75 Å². The molecule has 0 spiro atoms. The van der Waals surface area contributed by atoms with Gasteiger partial charge in [0.05, 0.1) is 16.0 Å². The average molecular weight is 783 g/mol. The Hall–Kier alpha value is -4.71. The molecule has 0 saturated heterocycles. The topological polar surface area (TPSA) is 394 Å². The number of aromatic hydroxyl groups is 1. The minimum absolute atomic E-state index is 0.118. The molecule has 0 atom stereocenters. The molecule has 0 aliphatic carbocycles. The van der Waals surface area contributed by atoms with E-state index < -0.39 is 120 Å². The molecule has 0 amide bonds. The fourth-order valence-electron chi connectivity index (χ4n) is 4.10. The lowest BCUT2D eigenvalue weighted by atomic mass is 10.1. The normalized spacial score (nSPS) is 13.5. The highest BCUT2D eigenvalue weighted by atomic mass is 32.2. The van der Waals surface area contributed by atoms with E-state index in [9.17, 15) is 70.0 Å². The fourth-order valence-corrected chi connectivity index (χ4v) is 7.13. The largest absolute Gasteiger partial charge is 0.505 e. The molecule has 4 aromatic rings. The van der Waals surface area contributed by atoms with Gasteiger partial charge < -0.3 is 16.6 Å². The van der Waals surface area contributed by atoms with E-state index in [-0.39, 0.29) is 5.69 Å². The third-order valence-corrected chi connectivity index (χ3v) is 10.5. The van der Waals surface area contributed by atoms with Gasteiger partial charge in [-0.25, -0.2) is 0 Å². The van der Waals surface area contributed by atoms with Gasteiger partial charge in [-0.3, -0.25) is 22.8 Å². The summed E-state index contributed by atoms with van der Waals surface area (Å²) < 4.78 is 168. The Balaban J connectivity index is 2.11. The molecule has 0 unspecified atom stereocenters. The van der Waals surface area contributed by atoms with Gasteiger partial charge in [0.15, 0.2) is 5.75 Å². The predicted octanol–water partition coefficient (Wildman–Crippen LogP) is 2.77. The van der Waals surface area contributed by atoms with Crippen LogP contribution in [0.1, 0.15) is 0 Å². The molecule has 0 saturated carbocycles. The molecule has 22 nitrogen and oxygen atoms in total. The Morgan fingerprint density at radius 3 is 1.39 bits per heavy atom. The van der Waals surface area contributed by atoms with E-state index >= 15 is 0 Å². The van der Waals surface area contributed by atoms with Crippen LogP contribution < -0.4 is 11.5 Å². The first-order chi connectivity index (χ1) is 22.2. The van der Waals surface area contributed by atoms with E-state index in [1.807, 2.05) is 0 Å². The van der Waals surface area contributed by atoms with Gasteiger partial charge in [-0.15, -0.1) is 20.5 Å². The van der Waals surface area contributed by atoms with Crippen LogP contribution in [-0.4, -0.2) is 70.0 Å². The van der Waals surface area contributed by atoms with Gasteiger partial charge in [0.1, 0.15) is 42.3 Å². The number of nitrogens with zero attached hydrogens (tertiary/aromatic N) is 4. The van der Waals surface area contributed by atoms with Crippen molar-refractivity contribution in [3.63, 3.8) is 0 Å². The van der Waals surface area contributed by atoms with Crippen LogP contribution >= 0.6 is 0 Å². The van der Waals surface area contributed by atoms with E-state index in [1.165, 1.54) is 0 Å². The summed E-state index contributed by atoms with van der Waals surface area (Å²) in [5, 5.41) is 23.5. The van der Waals surface area contributed by atoms with E-state index in [2.05, 4.69) is 20.5 Å². The maximum absolute atomic E-state index is 12.3. The maximum Gasteiger partial charge on any atom is 0.296 e. The third-order valence-electron chi connectivity index (χ3n) is 6.15. The molecule has 0 aliphatic heterocycles. The van der Waals surface area contributed by atoms with Crippen molar-refractivity contribution in [1.29, 1.82) is 0 Å². The van der Waals surface area contributed by atoms with Crippen molar-refractivity contribution in [2.75, 3.05) is 11.5 Å². The number of anilines is 2. The molecule has 49 heavy (non-hydrogen) atoms. The molecule has 0 heterocycles. The number of phenols is 1. The van der Waals surface area contributed by atoms with Crippen molar-refractivity contribution in [2.24, 2.45) is 20.5 Å². The van der Waals surface area contributed by atoms with Crippen molar-refractivity contribution >= 4 is 95.5 Å². The smallest absolute Gasteiger partial charge is 0.296 e. The average Bonchev–Trinajstić information content (AvgIpc) is 2.92. The molecule has 4 aromatic carbocycles. The van der Waals surface area contributed by atoms with Crippen LogP contribution in [0, 0.1) is 0 Å². The molecular formula is C22H18N6O16S5. The number of azo groups is 2. The number of fused-ring (bicyclic) bond motifs is 1. The van der Waals surface area contributed by atoms with Gasteiger partial charge in [0, 0.05) is 5.69 Å². The maximum atomic E-state index is 12.3. The summed E-state index contributed by atoms with van der Waals surface area (Å²) in [5.41, 5.74) is 6.59. The summed E-state index contributed by atoms with van der Waals surface area (Å²) in [5.74, 6) is -1.35. The van der Waals surface area contributed by atoms with E-state index in [0.29, 0.717) is 30.3 Å². The molecule has 0 fully saturated rings. The van der Waals surface area contributed by atoms with Crippen LogP contribution in [0.3, 0.4) is 0 Å². The minimum atomic E-state index is -5.47. The van der Waals surface area contributed by atoms with Gasteiger partial charge in [-0.05, 0) is 53.9 Å². The number of benzene rings is 4. The highest BCUT2D eigenvalue weighted by molar-refractivity contribution is 7.87. The number of nitrogens with two attached hydrogens (primary N) is 2. The van der Waals surface area contributed by atoms with Crippen LogP contribution in [0.5, 0.6) is 5.75 Å². The Kier molecular flexibility index (Phi) is 9.33. The number of rotatable bonds is 9. The monoisotopic (exact) mass is 782 g/mol. The summed E-state index contributed by atoms with van der Waals surface area (Å²) in [6.45, 7) is 0. The Morgan fingerprint density at radius 2 is 0.918 bits per heavy atom. The second-order valence-corrected chi connectivity index (χ2v) is 16.4. The SMILES string of the molecule is Nc1ccc(S(=O)(=O)O)c(N=Nc2c(S(=O)(=O)O)cc3cc(S(=O)(=O)O)c(N=Nc4cc(S(=O)(=O)O)ccc4S(=O)(=O)O)c(O)c3c2N)c1. The summed E-state index contributed by atoms with van der Waals surface area (Å²) in [6, 6.07) is 5.06. The first-order valence-corrected chi connectivity index (χ1v) is 19.3. The van der Waals surface area contributed by atoms with Crippen LogP contribution in [0.2, 0.25) is 0 Å². The fraction of sp³-hybridized carbons (Fsp3) is 0. The van der Waals surface area contributed by atoms with Crippen molar-refractivity contribution in [2.45, 2.75) is 24.5 Å². The number of hydrogen-bond acceptors (Lipinski definition) is 17. The molecule has 0 radical (unpaired) electrons. The lowest BCUT2D eigenvalue weighted by Gasteiger charge is -2.14. The Labute approximate surface area is 275 Å². The second kappa shape index (κ2) is 12.3. The van der Waals surface area contributed by atoms with Gasteiger partial charge in [-0.1, -0.05) is 0 Å². The van der Waals surface area contributed by atoms with Crippen molar-refractivity contribution < 1.29 is 70.0 Å². The predicted molar refractivity (Wildman–Crippen MR) is 165 cm³/mol. The van der Waals surface area contributed by atoms with Gasteiger partial charge in [0.25, 0.3) is 50.6 Å². The highest BCUT2D eigenvalue weighted by Gasteiger charge is 2.29. The Bertz CT molecular complexity index is 2710. The molecule has 10 N–H and O–H groups in total. The molecular weight excluding hydrogens is 765 g/mol. The number of hydrogen-bond donors (Lipinski definition) is 8.